The van der Waals surface area contributed by atoms with Crippen LogP contribution in [0, 0.1) is 0 Å². The zero-order valence-electron chi connectivity index (χ0n) is 17.2. The molecule has 2 aromatic rings. The molecule has 0 amide bonds. The Bertz CT molecular complexity index is 639. The standard InChI is InChI=1S/C24H35NO2/c1-4-6-7-8-9-17-26-24-12-10-11-22(18-24)25-19-21-13-15-23(16-14-21)27-20(3)5-2/h10-16,18,20,25H,4-9,17,19H2,1-3H3. The van der Waals surface area contributed by atoms with E-state index in [1.54, 1.807) is 0 Å². The van der Waals surface area contributed by atoms with Crippen LogP contribution >= 0.6 is 0 Å². The maximum atomic E-state index is 5.89. The van der Waals surface area contributed by atoms with Crippen molar-refractivity contribution in [1.82, 2.24) is 0 Å². The molecule has 1 atom stereocenters. The van der Waals surface area contributed by atoms with Crippen LogP contribution < -0.4 is 14.8 Å². The van der Waals surface area contributed by atoms with Crippen LogP contribution in [0.4, 0.5) is 5.69 Å². The van der Waals surface area contributed by atoms with Crippen molar-refractivity contribution >= 4 is 5.69 Å². The number of anilines is 1. The Morgan fingerprint density at radius 1 is 0.889 bits per heavy atom. The molecule has 0 aliphatic carbocycles. The van der Waals surface area contributed by atoms with E-state index in [-0.39, 0.29) is 6.10 Å². The Hall–Kier alpha value is -2.16. The summed E-state index contributed by atoms with van der Waals surface area (Å²) in [5.41, 5.74) is 2.31. The molecule has 2 aromatic carbocycles. The maximum Gasteiger partial charge on any atom is 0.121 e. The molecule has 0 spiro atoms. The lowest BCUT2D eigenvalue weighted by molar-refractivity contribution is 0.217. The molecule has 0 aliphatic heterocycles. The lowest BCUT2D eigenvalue weighted by Gasteiger charge is -2.13. The monoisotopic (exact) mass is 369 g/mol. The zero-order valence-corrected chi connectivity index (χ0v) is 17.2. The first kappa shape index (κ1) is 21.1. The molecule has 0 saturated carbocycles. The van der Waals surface area contributed by atoms with Gasteiger partial charge >= 0.3 is 0 Å². The van der Waals surface area contributed by atoms with Crippen molar-refractivity contribution < 1.29 is 9.47 Å². The summed E-state index contributed by atoms with van der Waals surface area (Å²) in [6.07, 6.45) is 7.56. The summed E-state index contributed by atoms with van der Waals surface area (Å²) in [7, 11) is 0. The van der Waals surface area contributed by atoms with Gasteiger partial charge in [-0.15, -0.1) is 0 Å². The molecule has 0 aliphatic rings. The summed E-state index contributed by atoms with van der Waals surface area (Å²) in [5, 5.41) is 3.47. The van der Waals surface area contributed by atoms with E-state index in [4.69, 9.17) is 9.47 Å². The predicted molar refractivity (Wildman–Crippen MR) is 115 cm³/mol. The van der Waals surface area contributed by atoms with Crippen molar-refractivity contribution in [1.29, 1.82) is 0 Å². The molecule has 1 unspecified atom stereocenters. The van der Waals surface area contributed by atoms with Crippen LogP contribution in [0.25, 0.3) is 0 Å². The third kappa shape index (κ3) is 8.38. The molecular weight excluding hydrogens is 334 g/mol. The molecule has 2 rings (SSSR count). The number of benzene rings is 2. The van der Waals surface area contributed by atoms with Crippen molar-refractivity contribution in [3.8, 4) is 11.5 Å². The van der Waals surface area contributed by atoms with E-state index in [9.17, 15) is 0 Å². The van der Waals surface area contributed by atoms with Crippen molar-refractivity contribution in [3.63, 3.8) is 0 Å². The van der Waals surface area contributed by atoms with Crippen LogP contribution in [0.3, 0.4) is 0 Å². The fraction of sp³-hybridized carbons (Fsp3) is 0.500. The minimum Gasteiger partial charge on any atom is -0.494 e. The SMILES string of the molecule is CCCCCCCOc1cccc(NCc2ccc(OC(C)CC)cc2)c1. The number of ether oxygens (including phenoxy) is 2. The van der Waals surface area contributed by atoms with Crippen molar-refractivity contribution in [3.05, 3.63) is 54.1 Å². The highest BCUT2D eigenvalue weighted by Crippen LogP contribution is 2.20. The topological polar surface area (TPSA) is 30.5 Å². The number of rotatable bonds is 13. The van der Waals surface area contributed by atoms with Gasteiger partial charge in [0, 0.05) is 18.3 Å². The first-order valence-corrected chi connectivity index (χ1v) is 10.4. The van der Waals surface area contributed by atoms with Gasteiger partial charge in [0.2, 0.25) is 0 Å². The second kappa shape index (κ2) is 12.3. The molecule has 0 radical (unpaired) electrons. The third-order valence-corrected chi connectivity index (χ3v) is 4.68. The minimum atomic E-state index is 0.253. The molecule has 148 valence electrons. The number of nitrogens with one attached hydrogen (secondary N) is 1. The van der Waals surface area contributed by atoms with Crippen molar-refractivity contribution in [2.75, 3.05) is 11.9 Å². The Balaban J connectivity index is 1.75. The van der Waals surface area contributed by atoms with E-state index in [2.05, 4.69) is 50.4 Å². The third-order valence-electron chi connectivity index (χ3n) is 4.68. The van der Waals surface area contributed by atoms with Crippen molar-refractivity contribution in [2.45, 2.75) is 71.9 Å². The number of hydrogen-bond acceptors (Lipinski definition) is 3. The number of hydrogen-bond donors (Lipinski definition) is 1. The van der Waals surface area contributed by atoms with E-state index in [0.717, 1.165) is 43.2 Å². The molecule has 0 saturated heterocycles. The summed E-state index contributed by atoms with van der Waals surface area (Å²) in [5.74, 6) is 1.87. The fourth-order valence-corrected chi connectivity index (χ4v) is 2.80. The highest BCUT2D eigenvalue weighted by molar-refractivity contribution is 5.48. The van der Waals surface area contributed by atoms with Gasteiger partial charge in [-0.3, -0.25) is 0 Å². The van der Waals surface area contributed by atoms with Crippen LogP contribution in [0.5, 0.6) is 11.5 Å². The fourth-order valence-electron chi connectivity index (χ4n) is 2.80. The Morgan fingerprint density at radius 3 is 2.41 bits per heavy atom. The highest BCUT2D eigenvalue weighted by atomic mass is 16.5. The van der Waals surface area contributed by atoms with Crippen molar-refractivity contribution in [2.24, 2.45) is 0 Å². The average Bonchev–Trinajstić information content (AvgIpc) is 2.70. The normalized spacial score (nSPS) is 11.8. The van der Waals surface area contributed by atoms with E-state index in [1.807, 2.05) is 24.3 Å². The average molecular weight is 370 g/mol. The predicted octanol–water partition coefficient (Wildman–Crippen LogP) is 6.83. The van der Waals surface area contributed by atoms with E-state index >= 15 is 0 Å². The van der Waals surface area contributed by atoms with Crippen LogP contribution in [0.15, 0.2) is 48.5 Å². The molecule has 0 bridgehead atoms. The summed E-state index contributed by atoms with van der Waals surface area (Å²) < 4.78 is 11.7. The smallest absolute Gasteiger partial charge is 0.121 e. The zero-order chi connectivity index (χ0) is 19.3. The second-order valence-corrected chi connectivity index (χ2v) is 7.12. The molecule has 3 heteroatoms. The molecular formula is C24H35NO2. The van der Waals surface area contributed by atoms with Gasteiger partial charge in [-0.25, -0.2) is 0 Å². The largest absolute Gasteiger partial charge is 0.494 e. The lowest BCUT2D eigenvalue weighted by atomic mass is 10.2. The van der Waals surface area contributed by atoms with Crippen LogP contribution in [0.1, 0.15) is 64.9 Å². The molecule has 0 aromatic heterocycles. The molecule has 0 fully saturated rings. The molecule has 0 heterocycles. The van der Waals surface area contributed by atoms with Gasteiger partial charge in [0.1, 0.15) is 11.5 Å². The van der Waals surface area contributed by atoms with Gasteiger partial charge in [0.25, 0.3) is 0 Å². The van der Waals surface area contributed by atoms with Gasteiger partial charge in [-0.05, 0) is 49.6 Å². The van der Waals surface area contributed by atoms with Gasteiger partial charge in [-0.1, -0.05) is 57.7 Å². The first-order valence-electron chi connectivity index (χ1n) is 10.4. The summed E-state index contributed by atoms with van der Waals surface area (Å²) in [4.78, 5) is 0. The van der Waals surface area contributed by atoms with E-state index < -0.39 is 0 Å². The Kier molecular flexibility index (Phi) is 9.61. The van der Waals surface area contributed by atoms with Gasteiger partial charge in [0.05, 0.1) is 12.7 Å². The summed E-state index contributed by atoms with van der Waals surface area (Å²) in [6.45, 7) is 8.04. The van der Waals surface area contributed by atoms with Crippen LogP contribution in [-0.2, 0) is 6.54 Å². The lowest BCUT2D eigenvalue weighted by Crippen LogP contribution is -2.09. The van der Waals surface area contributed by atoms with Gasteiger partial charge in [-0.2, -0.15) is 0 Å². The molecule has 27 heavy (non-hydrogen) atoms. The highest BCUT2D eigenvalue weighted by Gasteiger charge is 2.02. The minimum absolute atomic E-state index is 0.253. The summed E-state index contributed by atoms with van der Waals surface area (Å²) >= 11 is 0. The second-order valence-electron chi connectivity index (χ2n) is 7.12. The quantitative estimate of drug-likeness (QED) is 0.393. The van der Waals surface area contributed by atoms with Crippen LogP contribution in [0.2, 0.25) is 0 Å². The Labute approximate surface area is 165 Å². The van der Waals surface area contributed by atoms with E-state index in [1.165, 1.54) is 31.2 Å². The molecule has 1 N–H and O–H groups in total. The Morgan fingerprint density at radius 2 is 1.67 bits per heavy atom. The van der Waals surface area contributed by atoms with Gasteiger partial charge in [0.15, 0.2) is 0 Å². The van der Waals surface area contributed by atoms with E-state index in [0.29, 0.717) is 0 Å². The molecule has 3 nitrogen and oxygen atoms in total. The van der Waals surface area contributed by atoms with Crippen LogP contribution in [-0.4, -0.2) is 12.7 Å². The summed E-state index contributed by atoms with van der Waals surface area (Å²) in [6, 6.07) is 16.5. The van der Waals surface area contributed by atoms with Gasteiger partial charge < -0.3 is 14.8 Å². The first-order chi connectivity index (χ1) is 13.2. The maximum absolute atomic E-state index is 5.89. The number of unbranched alkanes of at least 4 members (excludes halogenated alkanes) is 4.